The van der Waals surface area contributed by atoms with Gasteiger partial charge in [-0.1, -0.05) is 23.7 Å². The molecule has 0 aliphatic carbocycles. The van der Waals surface area contributed by atoms with Crippen molar-refractivity contribution in [1.82, 2.24) is 4.90 Å². The molecular weight excluding hydrogens is 269 g/mol. The number of alkyl halides is 1. The standard InChI is InChI=1S/C13H15Cl2N3/c14-11(9-16)10-17-5-7-18(8-6-17)13-4-2-1-3-12(13)15/h1-4,11H,5-8,10H2. The van der Waals surface area contributed by atoms with Crippen molar-refractivity contribution in [2.24, 2.45) is 0 Å². The second-order valence-corrected chi connectivity index (χ2v) is 5.27. The van der Waals surface area contributed by atoms with Gasteiger partial charge in [-0.25, -0.2) is 0 Å². The largest absolute Gasteiger partial charge is 0.368 e. The number of nitrogens with zero attached hydrogens (tertiary/aromatic N) is 3. The van der Waals surface area contributed by atoms with Gasteiger partial charge in [0.25, 0.3) is 0 Å². The first-order chi connectivity index (χ1) is 8.70. The molecule has 0 radical (unpaired) electrons. The van der Waals surface area contributed by atoms with Crippen molar-refractivity contribution in [3.63, 3.8) is 0 Å². The van der Waals surface area contributed by atoms with Crippen LogP contribution in [0.2, 0.25) is 5.02 Å². The van der Waals surface area contributed by atoms with E-state index in [2.05, 4.69) is 15.9 Å². The predicted molar refractivity (Wildman–Crippen MR) is 75.4 cm³/mol. The summed E-state index contributed by atoms with van der Waals surface area (Å²) in [5, 5.41) is 9.07. The van der Waals surface area contributed by atoms with Crippen molar-refractivity contribution in [3.8, 4) is 6.07 Å². The topological polar surface area (TPSA) is 30.3 Å². The zero-order chi connectivity index (χ0) is 13.0. The van der Waals surface area contributed by atoms with Crippen LogP contribution in [0.5, 0.6) is 0 Å². The molecule has 1 fully saturated rings. The molecule has 0 aromatic heterocycles. The first-order valence-electron chi connectivity index (χ1n) is 5.96. The second kappa shape index (κ2) is 6.29. The van der Waals surface area contributed by atoms with Crippen LogP contribution < -0.4 is 4.90 Å². The Bertz CT molecular complexity index is 436. The minimum Gasteiger partial charge on any atom is -0.368 e. The van der Waals surface area contributed by atoms with Gasteiger partial charge in [0, 0.05) is 32.7 Å². The van der Waals surface area contributed by atoms with Crippen molar-refractivity contribution in [1.29, 1.82) is 5.26 Å². The Labute approximate surface area is 117 Å². The lowest BCUT2D eigenvalue weighted by Crippen LogP contribution is -2.48. The third kappa shape index (κ3) is 3.29. The third-order valence-corrected chi connectivity index (χ3v) is 3.68. The van der Waals surface area contributed by atoms with E-state index in [1.807, 2.05) is 24.3 Å². The fraction of sp³-hybridized carbons (Fsp3) is 0.462. The van der Waals surface area contributed by atoms with Gasteiger partial charge in [0.1, 0.15) is 5.38 Å². The molecule has 1 aromatic rings. The van der Waals surface area contributed by atoms with Gasteiger partial charge in [-0.3, -0.25) is 4.90 Å². The SMILES string of the molecule is N#CC(Cl)CN1CCN(c2ccccc2Cl)CC1. The number of hydrogen-bond donors (Lipinski definition) is 0. The minimum atomic E-state index is -0.420. The maximum absolute atomic E-state index is 8.70. The lowest BCUT2D eigenvalue weighted by atomic mass is 10.2. The lowest BCUT2D eigenvalue weighted by Gasteiger charge is -2.36. The molecule has 2 rings (SSSR count). The Balaban J connectivity index is 1.91. The molecule has 0 bridgehead atoms. The molecule has 1 aromatic carbocycles. The van der Waals surface area contributed by atoms with Crippen LogP contribution in [0.15, 0.2) is 24.3 Å². The molecule has 0 saturated carbocycles. The van der Waals surface area contributed by atoms with Crippen LogP contribution in [0.4, 0.5) is 5.69 Å². The molecule has 3 nitrogen and oxygen atoms in total. The highest BCUT2D eigenvalue weighted by Crippen LogP contribution is 2.26. The van der Waals surface area contributed by atoms with Crippen molar-refractivity contribution in [2.75, 3.05) is 37.6 Å². The maximum Gasteiger partial charge on any atom is 0.133 e. The van der Waals surface area contributed by atoms with Crippen LogP contribution in [-0.4, -0.2) is 43.0 Å². The van der Waals surface area contributed by atoms with E-state index in [1.165, 1.54) is 0 Å². The summed E-state index contributed by atoms with van der Waals surface area (Å²) in [5.74, 6) is 0. The smallest absolute Gasteiger partial charge is 0.133 e. The van der Waals surface area contributed by atoms with Crippen LogP contribution in [0, 0.1) is 11.3 Å². The number of nitriles is 1. The number of hydrogen-bond acceptors (Lipinski definition) is 3. The van der Waals surface area contributed by atoms with Gasteiger partial charge in [-0.15, -0.1) is 11.6 Å². The van der Waals surface area contributed by atoms with Gasteiger partial charge in [-0.05, 0) is 12.1 Å². The molecular formula is C13H15Cl2N3. The highest BCUT2D eigenvalue weighted by molar-refractivity contribution is 6.33. The van der Waals surface area contributed by atoms with E-state index in [1.54, 1.807) is 0 Å². The summed E-state index contributed by atoms with van der Waals surface area (Å²) in [6, 6.07) is 9.94. The first kappa shape index (κ1) is 13.5. The lowest BCUT2D eigenvalue weighted by molar-refractivity contribution is 0.265. The van der Waals surface area contributed by atoms with Gasteiger partial charge >= 0.3 is 0 Å². The average Bonchev–Trinajstić information content (AvgIpc) is 2.40. The van der Waals surface area contributed by atoms with E-state index < -0.39 is 5.38 Å². The summed E-state index contributed by atoms with van der Waals surface area (Å²) in [4.78, 5) is 4.49. The van der Waals surface area contributed by atoms with Crippen molar-refractivity contribution in [3.05, 3.63) is 29.3 Å². The summed E-state index contributed by atoms with van der Waals surface area (Å²) in [7, 11) is 0. The summed E-state index contributed by atoms with van der Waals surface area (Å²) in [6.07, 6.45) is 0. The molecule has 0 N–H and O–H groups in total. The number of halogens is 2. The number of para-hydroxylation sites is 1. The van der Waals surface area contributed by atoms with Crippen molar-refractivity contribution < 1.29 is 0 Å². The molecule has 1 heterocycles. The molecule has 5 heteroatoms. The Morgan fingerprint density at radius 1 is 1.22 bits per heavy atom. The fourth-order valence-corrected chi connectivity index (χ4v) is 2.60. The Hall–Kier alpha value is -0.950. The molecule has 1 atom stereocenters. The van der Waals surface area contributed by atoms with Gasteiger partial charge < -0.3 is 4.90 Å². The van der Waals surface area contributed by atoms with Gasteiger partial charge in [-0.2, -0.15) is 5.26 Å². The van der Waals surface area contributed by atoms with E-state index >= 15 is 0 Å². The van der Waals surface area contributed by atoms with Gasteiger partial charge in [0.2, 0.25) is 0 Å². The average molecular weight is 284 g/mol. The number of piperazine rings is 1. The highest BCUT2D eigenvalue weighted by Gasteiger charge is 2.20. The van der Waals surface area contributed by atoms with E-state index in [4.69, 9.17) is 28.5 Å². The number of benzene rings is 1. The van der Waals surface area contributed by atoms with Crippen molar-refractivity contribution in [2.45, 2.75) is 5.38 Å². The number of anilines is 1. The van der Waals surface area contributed by atoms with Crippen LogP contribution in [0.25, 0.3) is 0 Å². The third-order valence-electron chi connectivity index (χ3n) is 3.12. The summed E-state index contributed by atoms with van der Waals surface area (Å²) in [5.41, 5.74) is 1.08. The van der Waals surface area contributed by atoms with Gasteiger partial charge in [0.05, 0.1) is 16.8 Å². The minimum absolute atomic E-state index is 0.420. The zero-order valence-corrected chi connectivity index (χ0v) is 11.5. The highest BCUT2D eigenvalue weighted by atomic mass is 35.5. The van der Waals surface area contributed by atoms with E-state index in [0.717, 1.165) is 36.9 Å². The summed E-state index contributed by atoms with van der Waals surface area (Å²) in [6.45, 7) is 4.29. The molecule has 0 amide bonds. The van der Waals surface area contributed by atoms with Crippen LogP contribution in [0.1, 0.15) is 0 Å². The Morgan fingerprint density at radius 2 is 1.89 bits per heavy atom. The predicted octanol–water partition coefficient (Wildman–Crippen LogP) is 2.59. The normalized spacial score (nSPS) is 18.4. The first-order valence-corrected chi connectivity index (χ1v) is 6.77. The molecule has 1 aliphatic rings. The molecule has 1 unspecified atom stereocenters. The van der Waals surface area contributed by atoms with E-state index in [0.29, 0.717) is 6.54 Å². The monoisotopic (exact) mass is 283 g/mol. The van der Waals surface area contributed by atoms with Crippen molar-refractivity contribution >= 4 is 28.9 Å². The molecule has 0 spiro atoms. The molecule has 96 valence electrons. The second-order valence-electron chi connectivity index (χ2n) is 4.34. The van der Waals surface area contributed by atoms with Crippen LogP contribution in [0.3, 0.4) is 0 Å². The Morgan fingerprint density at radius 3 is 2.50 bits per heavy atom. The van der Waals surface area contributed by atoms with E-state index in [-0.39, 0.29) is 0 Å². The van der Waals surface area contributed by atoms with E-state index in [9.17, 15) is 0 Å². The van der Waals surface area contributed by atoms with Crippen LogP contribution in [-0.2, 0) is 0 Å². The summed E-state index contributed by atoms with van der Waals surface area (Å²) >= 11 is 12.0. The summed E-state index contributed by atoms with van der Waals surface area (Å²) < 4.78 is 0. The molecule has 1 aliphatic heterocycles. The fourth-order valence-electron chi connectivity index (χ4n) is 2.15. The maximum atomic E-state index is 8.70. The zero-order valence-electron chi connectivity index (χ0n) is 10.0. The van der Waals surface area contributed by atoms with Crippen LogP contribution >= 0.6 is 23.2 Å². The Kier molecular flexibility index (Phi) is 4.71. The molecule has 1 saturated heterocycles. The molecule has 18 heavy (non-hydrogen) atoms. The number of rotatable bonds is 3. The quantitative estimate of drug-likeness (QED) is 0.799. The van der Waals surface area contributed by atoms with Gasteiger partial charge in [0.15, 0.2) is 0 Å².